The second-order valence-electron chi connectivity index (χ2n) is 5.58. The van der Waals surface area contributed by atoms with Gasteiger partial charge in [-0.2, -0.15) is 0 Å². The Morgan fingerprint density at radius 1 is 1.29 bits per heavy atom. The van der Waals surface area contributed by atoms with E-state index in [0.717, 1.165) is 22.3 Å². The van der Waals surface area contributed by atoms with Crippen molar-refractivity contribution in [2.75, 3.05) is 25.2 Å². The van der Waals surface area contributed by atoms with E-state index in [1.807, 2.05) is 24.4 Å². The van der Waals surface area contributed by atoms with Crippen molar-refractivity contribution in [2.45, 2.75) is 31.7 Å². The van der Waals surface area contributed by atoms with Crippen molar-refractivity contribution < 1.29 is 9.84 Å². The minimum absolute atomic E-state index is 0.151. The maximum absolute atomic E-state index is 9.44. The molecule has 0 amide bonds. The number of methoxy groups -OCH3 is 1. The average Bonchev–Trinajstić information content (AvgIpc) is 3.06. The van der Waals surface area contributed by atoms with E-state index in [2.05, 4.69) is 16.0 Å². The molecule has 1 aromatic carbocycles. The predicted octanol–water partition coefficient (Wildman–Crippen LogP) is 2.98. The highest BCUT2D eigenvalue weighted by Gasteiger charge is 2.24. The molecule has 0 unspecified atom stereocenters. The number of benzene rings is 1. The molecule has 0 atom stereocenters. The molecule has 0 bridgehead atoms. The van der Waals surface area contributed by atoms with Crippen LogP contribution in [0.4, 0.5) is 5.82 Å². The Balaban J connectivity index is 2.07. The van der Waals surface area contributed by atoms with Gasteiger partial charge in [0.2, 0.25) is 0 Å². The maximum Gasteiger partial charge on any atom is 0.136 e. The summed E-state index contributed by atoms with van der Waals surface area (Å²) in [5.41, 5.74) is 0. The molecule has 0 saturated heterocycles. The van der Waals surface area contributed by atoms with Crippen molar-refractivity contribution in [3.63, 3.8) is 0 Å². The number of hydrogen-bond donors (Lipinski definition) is 1. The van der Waals surface area contributed by atoms with Crippen LogP contribution >= 0.6 is 0 Å². The van der Waals surface area contributed by atoms with Crippen LogP contribution in [0.1, 0.15) is 25.7 Å². The first-order chi connectivity index (χ1) is 10.3. The SMILES string of the molecule is COc1ccc2ccnc(N(CCO)C3CCCC3)c2c1. The summed E-state index contributed by atoms with van der Waals surface area (Å²) in [5, 5.41) is 11.7. The Morgan fingerprint density at radius 2 is 2.10 bits per heavy atom. The summed E-state index contributed by atoms with van der Waals surface area (Å²) in [6.45, 7) is 0.784. The summed E-state index contributed by atoms with van der Waals surface area (Å²) in [7, 11) is 1.68. The van der Waals surface area contributed by atoms with E-state index in [1.165, 1.54) is 25.7 Å². The Bertz CT molecular complexity index is 609. The fraction of sp³-hybridized carbons (Fsp3) is 0.471. The average molecular weight is 286 g/mol. The van der Waals surface area contributed by atoms with Crippen LogP contribution < -0.4 is 9.64 Å². The molecule has 1 fully saturated rings. The molecule has 3 rings (SSSR count). The molecular formula is C17H22N2O2. The molecule has 1 saturated carbocycles. The number of fused-ring (bicyclic) bond motifs is 1. The van der Waals surface area contributed by atoms with E-state index >= 15 is 0 Å². The van der Waals surface area contributed by atoms with Crippen LogP contribution in [-0.4, -0.2) is 36.4 Å². The first kappa shape index (κ1) is 14.1. The lowest BCUT2D eigenvalue weighted by Crippen LogP contribution is -2.36. The minimum Gasteiger partial charge on any atom is -0.497 e. The second kappa shape index (κ2) is 6.31. The molecule has 0 spiro atoms. The van der Waals surface area contributed by atoms with Crippen molar-refractivity contribution >= 4 is 16.6 Å². The molecule has 1 heterocycles. The third-order valence-electron chi connectivity index (χ3n) is 4.33. The van der Waals surface area contributed by atoms with Gasteiger partial charge in [-0.05, 0) is 36.4 Å². The summed E-state index contributed by atoms with van der Waals surface area (Å²) in [4.78, 5) is 6.88. The smallest absolute Gasteiger partial charge is 0.136 e. The normalized spacial score (nSPS) is 15.5. The van der Waals surface area contributed by atoms with Crippen LogP contribution in [0.5, 0.6) is 5.75 Å². The predicted molar refractivity (Wildman–Crippen MR) is 85.0 cm³/mol. The van der Waals surface area contributed by atoms with Gasteiger partial charge in [-0.3, -0.25) is 0 Å². The fourth-order valence-corrected chi connectivity index (χ4v) is 3.27. The summed E-state index contributed by atoms with van der Waals surface area (Å²) in [6.07, 6.45) is 6.74. The first-order valence-corrected chi connectivity index (χ1v) is 7.63. The molecule has 0 aliphatic heterocycles. The first-order valence-electron chi connectivity index (χ1n) is 7.63. The summed E-state index contributed by atoms with van der Waals surface area (Å²) >= 11 is 0. The zero-order valence-corrected chi connectivity index (χ0v) is 12.5. The number of rotatable bonds is 5. The highest BCUT2D eigenvalue weighted by Crippen LogP contribution is 2.33. The standard InChI is InChI=1S/C17H22N2O2/c1-21-15-7-6-13-8-9-18-17(16(13)12-15)19(10-11-20)14-4-2-3-5-14/h6-9,12,14,20H,2-5,10-11H2,1H3. The molecule has 1 aromatic heterocycles. The van der Waals surface area contributed by atoms with Gasteiger partial charge in [0.15, 0.2) is 0 Å². The molecule has 1 aliphatic rings. The van der Waals surface area contributed by atoms with Crippen LogP contribution in [0.15, 0.2) is 30.5 Å². The number of hydrogen-bond acceptors (Lipinski definition) is 4. The maximum atomic E-state index is 9.44. The zero-order valence-electron chi connectivity index (χ0n) is 12.5. The molecule has 112 valence electrons. The fourth-order valence-electron chi connectivity index (χ4n) is 3.27. The van der Waals surface area contributed by atoms with Crippen LogP contribution in [0, 0.1) is 0 Å². The third-order valence-corrected chi connectivity index (χ3v) is 4.33. The monoisotopic (exact) mass is 286 g/mol. The number of nitrogens with zero attached hydrogens (tertiary/aromatic N) is 2. The van der Waals surface area contributed by atoms with E-state index in [1.54, 1.807) is 7.11 Å². The molecule has 4 heteroatoms. The van der Waals surface area contributed by atoms with Crippen molar-refractivity contribution in [1.29, 1.82) is 0 Å². The Morgan fingerprint density at radius 3 is 2.81 bits per heavy atom. The summed E-state index contributed by atoms with van der Waals surface area (Å²) < 4.78 is 5.35. The Labute approximate surface area is 125 Å². The molecule has 0 radical (unpaired) electrons. The Kier molecular flexibility index (Phi) is 4.25. The van der Waals surface area contributed by atoms with Gasteiger partial charge >= 0.3 is 0 Å². The van der Waals surface area contributed by atoms with Crippen LogP contribution in [0.2, 0.25) is 0 Å². The molecule has 2 aromatic rings. The molecule has 21 heavy (non-hydrogen) atoms. The number of aliphatic hydroxyl groups excluding tert-OH is 1. The van der Waals surface area contributed by atoms with E-state index in [9.17, 15) is 5.11 Å². The van der Waals surface area contributed by atoms with Crippen molar-refractivity contribution in [3.05, 3.63) is 30.5 Å². The number of ether oxygens (including phenoxy) is 1. The van der Waals surface area contributed by atoms with Gasteiger partial charge in [0.25, 0.3) is 0 Å². The largest absolute Gasteiger partial charge is 0.497 e. The topological polar surface area (TPSA) is 45.6 Å². The van der Waals surface area contributed by atoms with Gasteiger partial charge in [-0.25, -0.2) is 4.98 Å². The van der Waals surface area contributed by atoms with Crippen LogP contribution in [0.3, 0.4) is 0 Å². The van der Waals surface area contributed by atoms with E-state index in [0.29, 0.717) is 12.6 Å². The summed E-state index contributed by atoms with van der Waals surface area (Å²) in [5.74, 6) is 1.81. The van der Waals surface area contributed by atoms with E-state index in [-0.39, 0.29) is 6.61 Å². The summed E-state index contributed by atoms with van der Waals surface area (Å²) in [6, 6.07) is 8.57. The molecule has 1 aliphatic carbocycles. The lowest BCUT2D eigenvalue weighted by atomic mass is 10.1. The molecule has 1 N–H and O–H groups in total. The highest BCUT2D eigenvalue weighted by molar-refractivity contribution is 5.93. The number of aliphatic hydroxyl groups is 1. The van der Waals surface area contributed by atoms with Crippen molar-refractivity contribution in [3.8, 4) is 5.75 Å². The lowest BCUT2D eigenvalue weighted by Gasteiger charge is -2.30. The van der Waals surface area contributed by atoms with Crippen LogP contribution in [0.25, 0.3) is 10.8 Å². The van der Waals surface area contributed by atoms with Gasteiger partial charge in [-0.1, -0.05) is 18.9 Å². The molecule has 4 nitrogen and oxygen atoms in total. The highest BCUT2D eigenvalue weighted by atomic mass is 16.5. The zero-order chi connectivity index (χ0) is 14.7. The lowest BCUT2D eigenvalue weighted by molar-refractivity contribution is 0.297. The van der Waals surface area contributed by atoms with Gasteiger partial charge in [0, 0.05) is 24.2 Å². The van der Waals surface area contributed by atoms with Gasteiger partial charge in [0.1, 0.15) is 11.6 Å². The second-order valence-corrected chi connectivity index (χ2v) is 5.58. The number of anilines is 1. The number of aromatic nitrogens is 1. The van der Waals surface area contributed by atoms with E-state index in [4.69, 9.17) is 4.74 Å². The van der Waals surface area contributed by atoms with Crippen molar-refractivity contribution in [1.82, 2.24) is 4.98 Å². The van der Waals surface area contributed by atoms with Gasteiger partial charge < -0.3 is 14.7 Å². The third kappa shape index (κ3) is 2.81. The quantitative estimate of drug-likeness (QED) is 0.918. The van der Waals surface area contributed by atoms with Gasteiger partial charge in [-0.15, -0.1) is 0 Å². The van der Waals surface area contributed by atoms with E-state index < -0.39 is 0 Å². The molecular weight excluding hydrogens is 264 g/mol. The van der Waals surface area contributed by atoms with Gasteiger partial charge in [0.05, 0.1) is 13.7 Å². The number of pyridine rings is 1. The Hall–Kier alpha value is -1.81. The van der Waals surface area contributed by atoms with Crippen molar-refractivity contribution in [2.24, 2.45) is 0 Å². The minimum atomic E-state index is 0.151. The van der Waals surface area contributed by atoms with Crippen LogP contribution in [-0.2, 0) is 0 Å².